The molecule has 7 nitrogen and oxygen atoms in total. The first-order chi connectivity index (χ1) is 18.6. The van der Waals surface area contributed by atoms with Crippen LogP contribution in [0.15, 0.2) is 83.8 Å². The van der Waals surface area contributed by atoms with E-state index in [0.717, 1.165) is 9.87 Å². The lowest BCUT2D eigenvalue weighted by Crippen LogP contribution is -2.36. The maximum atomic E-state index is 13.6. The van der Waals surface area contributed by atoms with Gasteiger partial charge in [-0.1, -0.05) is 59.6 Å². The summed E-state index contributed by atoms with van der Waals surface area (Å²) in [6.07, 6.45) is 0.761. The first-order valence-electron chi connectivity index (χ1n) is 11.7. The summed E-state index contributed by atoms with van der Waals surface area (Å²) >= 11 is 12.1. The van der Waals surface area contributed by atoms with Crippen molar-refractivity contribution in [2.75, 3.05) is 18.0 Å². The van der Waals surface area contributed by atoms with E-state index in [0.29, 0.717) is 28.3 Å². The smallest absolute Gasteiger partial charge is 0.326 e. The lowest BCUT2D eigenvalue weighted by molar-refractivity contribution is -0.138. The average molecular weight is 581 g/mol. The number of halogens is 2. The van der Waals surface area contributed by atoms with Crippen molar-refractivity contribution in [2.24, 2.45) is 0 Å². The van der Waals surface area contributed by atoms with Gasteiger partial charge in [-0.05, 0) is 65.2 Å². The number of carbonyl (C=O) groups is 2. The second kappa shape index (κ2) is 11.9. The summed E-state index contributed by atoms with van der Waals surface area (Å²) in [4.78, 5) is 25.1. The summed E-state index contributed by atoms with van der Waals surface area (Å²) in [6, 6.07) is 23.0. The first kappa shape index (κ1) is 28.1. The minimum atomic E-state index is -4.27. The largest absolute Gasteiger partial charge is 0.468 e. The van der Waals surface area contributed by atoms with Crippen LogP contribution in [-0.4, -0.2) is 33.8 Å². The molecule has 0 aliphatic heterocycles. The minimum Gasteiger partial charge on any atom is -0.468 e. The van der Waals surface area contributed by atoms with Crippen molar-refractivity contribution in [3.63, 3.8) is 0 Å². The second-order valence-electron chi connectivity index (χ2n) is 8.64. The number of fused-ring (bicyclic) bond motifs is 1. The van der Waals surface area contributed by atoms with Crippen molar-refractivity contribution >= 4 is 61.4 Å². The standard InChI is InChI=1S/C29H22Cl2N2O5S/c1-38-29(35)18-33(39(36,37)25-15-22(30)14-23(31)16-25)24-10-11-26-21(13-24)3-2-4-27(26)28(34)12-9-19-5-7-20(17-32)8-6-19/h2-8,10-11,13-16H,9,12,18H2,1H3. The Bertz CT molecular complexity index is 1690. The van der Waals surface area contributed by atoms with E-state index in [9.17, 15) is 18.0 Å². The van der Waals surface area contributed by atoms with Crippen molar-refractivity contribution in [3.8, 4) is 6.07 Å². The lowest BCUT2D eigenvalue weighted by Gasteiger charge is -2.24. The van der Waals surface area contributed by atoms with Crippen molar-refractivity contribution < 1.29 is 22.7 Å². The quantitative estimate of drug-likeness (QED) is 0.172. The number of aryl methyl sites for hydroxylation is 1. The van der Waals surface area contributed by atoms with Gasteiger partial charge in [0.25, 0.3) is 10.0 Å². The van der Waals surface area contributed by atoms with Gasteiger partial charge in [0, 0.05) is 22.0 Å². The fourth-order valence-corrected chi connectivity index (χ4v) is 6.24. The first-order valence-corrected chi connectivity index (χ1v) is 13.9. The van der Waals surface area contributed by atoms with E-state index in [1.54, 1.807) is 42.5 Å². The fourth-order valence-electron chi connectivity index (χ4n) is 4.11. The molecular weight excluding hydrogens is 559 g/mol. The lowest BCUT2D eigenvalue weighted by atomic mass is 9.97. The Kier molecular flexibility index (Phi) is 8.56. The normalized spacial score (nSPS) is 11.1. The van der Waals surface area contributed by atoms with E-state index >= 15 is 0 Å². The molecule has 0 N–H and O–H groups in total. The highest BCUT2D eigenvalue weighted by molar-refractivity contribution is 7.92. The monoisotopic (exact) mass is 580 g/mol. The molecule has 198 valence electrons. The van der Waals surface area contributed by atoms with E-state index in [1.807, 2.05) is 12.1 Å². The van der Waals surface area contributed by atoms with E-state index in [-0.39, 0.29) is 32.8 Å². The molecule has 4 aromatic carbocycles. The number of Topliss-reactive ketones (excluding diaryl/α,β-unsaturated/α-hetero) is 1. The number of esters is 1. The topological polar surface area (TPSA) is 105 Å². The van der Waals surface area contributed by atoms with Gasteiger partial charge in [0.15, 0.2) is 5.78 Å². The highest BCUT2D eigenvalue weighted by Gasteiger charge is 2.28. The Morgan fingerprint density at radius 1 is 0.949 bits per heavy atom. The van der Waals surface area contributed by atoms with Gasteiger partial charge >= 0.3 is 5.97 Å². The average Bonchev–Trinajstić information content (AvgIpc) is 2.93. The molecule has 0 atom stereocenters. The molecule has 0 fully saturated rings. The Morgan fingerprint density at radius 2 is 1.64 bits per heavy atom. The number of nitriles is 1. The number of sulfonamides is 1. The maximum Gasteiger partial charge on any atom is 0.326 e. The van der Waals surface area contributed by atoms with E-state index < -0.39 is 22.5 Å². The van der Waals surface area contributed by atoms with Gasteiger partial charge in [0.1, 0.15) is 6.54 Å². The van der Waals surface area contributed by atoms with Crippen molar-refractivity contribution in [1.29, 1.82) is 5.26 Å². The highest BCUT2D eigenvalue weighted by atomic mass is 35.5. The summed E-state index contributed by atoms with van der Waals surface area (Å²) in [7, 11) is -3.10. The third-order valence-corrected chi connectivity index (χ3v) is 8.29. The molecule has 0 aromatic heterocycles. The van der Waals surface area contributed by atoms with Crippen LogP contribution in [0.25, 0.3) is 10.8 Å². The summed E-state index contributed by atoms with van der Waals surface area (Å²) in [5.74, 6) is -0.844. The third kappa shape index (κ3) is 6.40. The van der Waals surface area contributed by atoms with Crippen LogP contribution in [0.3, 0.4) is 0 Å². The number of hydrogen-bond acceptors (Lipinski definition) is 6. The number of hydrogen-bond donors (Lipinski definition) is 0. The zero-order valence-electron chi connectivity index (χ0n) is 20.7. The molecule has 0 radical (unpaired) electrons. The number of ketones is 1. The van der Waals surface area contributed by atoms with Crippen molar-refractivity contribution in [1.82, 2.24) is 0 Å². The number of ether oxygens (including phenoxy) is 1. The predicted molar refractivity (Wildman–Crippen MR) is 151 cm³/mol. The van der Waals surface area contributed by atoms with Gasteiger partial charge in [-0.25, -0.2) is 8.42 Å². The van der Waals surface area contributed by atoms with Gasteiger partial charge in [-0.15, -0.1) is 0 Å². The number of anilines is 1. The molecule has 0 saturated heterocycles. The van der Waals surface area contributed by atoms with Crippen LogP contribution in [0, 0.1) is 11.3 Å². The molecule has 0 aliphatic carbocycles. The molecule has 4 rings (SSSR count). The Hall–Kier alpha value is -3.90. The van der Waals surface area contributed by atoms with Crippen molar-refractivity contribution in [3.05, 3.63) is 106 Å². The number of rotatable bonds is 9. The van der Waals surface area contributed by atoms with Crippen LogP contribution in [0.1, 0.15) is 27.9 Å². The number of carbonyl (C=O) groups excluding carboxylic acids is 2. The molecule has 0 spiro atoms. The Morgan fingerprint density at radius 3 is 2.28 bits per heavy atom. The summed E-state index contributed by atoms with van der Waals surface area (Å²) < 4.78 is 32.8. The number of methoxy groups -OCH3 is 1. The molecule has 0 unspecified atom stereocenters. The van der Waals surface area contributed by atoms with E-state index in [4.69, 9.17) is 33.2 Å². The number of benzene rings is 4. The summed E-state index contributed by atoms with van der Waals surface area (Å²) in [5, 5.41) is 10.5. The molecule has 0 amide bonds. The van der Waals surface area contributed by atoms with Crippen LogP contribution in [0.2, 0.25) is 10.0 Å². The molecule has 0 bridgehead atoms. The van der Waals surface area contributed by atoms with Crippen LogP contribution in [0.5, 0.6) is 0 Å². The minimum absolute atomic E-state index is 0.0784. The fraction of sp³-hybridized carbons (Fsp3) is 0.138. The zero-order chi connectivity index (χ0) is 28.2. The highest BCUT2D eigenvalue weighted by Crippen LogP contribution is 2.31. The SMILES string of the molecule is COC(=O)CN(c1ccc2c(C(=O)CCc3ccc(C#N)cc3)cccc2c1)S(=O)(=O)c1cc(Cl)cc(Cl)c1. The van der Waals surface area contributed by atoms with Gasteiger partial charge in [0.2, 0.25) is 0 Å². The molecule has 0 heterocycles. The second-order valence-corrected chi connectivity index (χ2v) is 11.4. The van der Waals surface area contributed by atoms with Gasteiger partial charge in [0.05, 0.1) is 29.3 Å². The zero-order valence-corrected chi connectivity index (χ0v) is 23.1. The third-order valence-electron chi connectivity index (χ3n) is 6.10. The molecular formula is C29H22Cl2N2O5S. The molecule has 10 heteroatoms. The molecule has 0 aliphatic rings. The van der Waals surface area contributed by atoms with Crippen LogP contribution in [-0.2, 0) is 26.0 Å². The summed E-state index contributed by atoms with van der Waals surface area (Å²) in [6.45, 7) is -0.586. The van der Waals surface area contributed by atoms with Crippen LogP contribution in [0.4, 0.5) is 5.69 Å². The Labute approximate surface area is 236 Å². The van der Waals surface area contributed by atoms with Crippen LogP contribution < -0.4 is 4.31 Å². The van der Waals surface area contributed by atoms with Gasteiger partial charge in [-0.2, -0.15) is 5.26 Å². The Balaban J connectivity index is 1.68. The molecule has 0 saturated carbocycles. The van der Waals surface area contributed by atoms with E-state index in [2.05, 4.69) is 6.07 Å². The van der Waals surface area contributed by atoms with Crippen LogP contribution >= 0.6 is 23.2 Å². The van der Waals surface area contributed by atoms with Gasteiger partial charge < -0.3 is 4.74 Å². The van der Waals surface area contributed by atoms with Crippen molar-refractivity contribution in [2.45, 2.75) is 17.7 Å². The van der Waals surface area contributed by atoms with E-state index in [1.165, 1.54) is 31.4 Å². The number of nitrogens with zero attached hydrogens (tertiary/aromatic N) is 2. The molecule has 39 heavy (non-hydrogen) atoms. The molecule has 4 aromatic rings. The predicted octanol–water partition coefficient (Wildman–Crippen LogP) is 6.20. The summed E-state index contributed by atoms with van der Waals surface area (Å²) in [5.41, 5.74) is 2.19. The maximum absolute atomic E-state index is 13.6. The van der Waals surface area contributed by atoms with Gasteiger partial charge in [-0.3, -0.25) is 13.9 Å².